The minimum absolute atomic E-state index is 0.0216. The second-order valence-corrected chi connectivity index (χ2v) is 8.63. The molecule has 23 heavy (non-hydrogen) atoms. The van der Waals surface area contributed by atoms with E-state index >= 15 is 0 Å². The molecular weight excluding hydrogens is 303 g/mol. The molecule has 4 saturated carbocycles. The number of aromatic nitrogens is 2. The molecule has 1 aromatic heterocycles. The van der Waals surface area contributed by atoms with Crippen molar-refractivity contribution in [3.05, 3.63) is 17.7 Å². The van der Waals surface area contributed by atoms with Crippen LogP contribution in [0.25, 0.3) is 0 Å². The summed E-state index contributed by atoms with van der Waals surface area (Å²) in [6.07, 6.45) is -3.19. The topological polar surface area (TPSA) is 43.8 Å². The summed E-state index contributed by atoms with van der Waals surface area (Å²) in [7, 11) is 0. The minimum atomic E-state index is -4.38. The van der Waals surface area contributed by atoms with Gasteiger partial charge in [-0.3, -0.25) is 0 Å². The highest BCUT2D eigenvalue weighted by atomic mass is 19.4. The van der Waals surface area contributed by atoms with Gasteiger partial charge >= 0.3 is 6.18 Å². The molecule has 0 bridgehead atoms. The smallest absolute Gasteiger partial charge is 0.331 e. The van der Waals surface area contributed by atoms with Gasteiger partial charge in [-0.25, -0.2) is 4.98 Å². The zero-order valence-electron chi connectivity index (χ0n) is 13.8. The first-order valence-corrected chi connectivity index (χ1v) is 8.47. The van der Waals surface area contributed by atoms with Crippen molar-refractivity contribution in [2.75, 3.05) is 6.54 Å². The second-order valence-electron chi connectivity index (χ2n) is 8.63. The standard InChI is InChI=1S/C17H22F3N3/c1-7(2)23-5-9(17(18,19)20)22-13(23)14(4)10-8(3)15(6-21)12-11(14)16(10,12)15/h5,7-8,10-12H,6,21H2,1-4H3. The molecule has 126 valence electrons. The molecule has 7 atom stereocenters. The summed E-state index contributed by atoms with van der Waals surface area (Å²) >= 11 is 0. The van der Waals surface area contributed by atoms with E-state index in [0.29, 0.717) is 40.3 Å². The maximum atomic E-state index is 13.2. The van der Waals surface area contributed by atoms with Gasteiger partial charge in [-0.2, -0.15) is 13.2 Å². The van der Waals surface area contributed by atoms with E-state index in [1.807, 2.05) is 13.8 Å². The molecule has 2 N–H and O–H groups in total. The van der Waals surface area contributed by atoms with Gasteiger partial charge in [-0.1, -0.05) is 13.8 Å². The van der Waals surface area contributed by atoms with E-state index in [4.69, 9.17) is 5.73 Å². The third kappa shape index (κ3) is 1.04. The number of hydrogen-bond acceptors (Lipinski definition) is 2. The molecule has 4 aliphatic rings. The Morgan fingerprint density at radius 3 is 2.39 bits per heavy atom. The first-order valence-electron chi connectivity index (χ1n) is 8.47. The number of imidazole rings is 1. The van der Waals surface area contributed by atoms with Gasteiger partial charge in [0.1, 0.15) is 5.82 Å². The Labute approximate surface area is 133 Å². The van der Waals surface area contributed by atoms with Crippen molar-refractivity contribution in [3.8, 4) is 0 Å². The van der Waals surface area contributed by atoms with E-state index in [1.165, 1.54) is 6.20 Å². The van der Waals surface area contributed by atoms with E-state index in [9.17, 15) is 13.2 Å². The largest absolute Gasteiger partial charge is 0.434 e. The van der Waals surface area contributed by atoms with Crippen molar-refractivity contribution in [3.63, 3.8) is 0 Å². The Bertz CT molecular complexity index is 734. The lowest BCUT2D eigenvalue weighted by atomic mass is 9.34. The quantitative estimate of drug-likeness (QED) is 0.927. The van der Waals surface area contributed by atoms with Crippen LogP contribution in [0, 0.1) is 34.5 Å². The molecule has 7 unspecified atom stereocenters. The fraction of sp³-hybridized carbons (Fsp3) is 0.824. The van der Waals surface area contributed by atoms with E-state index < -0.39 is 11.9 Å². The molecule has 5 rings (SSSR count). The number of halogens is 3. The van der Waals surface area contributed by atoms with Crippen molar-refractivity contribution in [1.29, 1.82) is 0 Å². The van der Waals surface area contributed by atoms with Crippen molar-refractivity contribution < 1.29 is 13.2 Å². The van der Waals surface area contributed by atoms with Crippen molar-refractivity contribution in [1.82, 2.24) is 9.55 Å². The van der Waals surface area contributed by atoms with Crippen LogP contribution in [0.2, 0.25) is 0 Å². The second kappa shape index (κ2) is 3.35. The Morgan fingerprint density at radius 1 is 1.30 bits per heavy atom. The lowest BCUT2D eigenvalue weighted by Gasteiger charge is -2.70. The van der Waals surface area contributed by atoms with Crippen LogP contribution < -0.4 is 5.73 Å². The molecule has 4 fully saturated rings. The minimum Gasteiger partial charge on any atom is -0.331 e. The van der Waals surface area contributed by atoms with Gasteiger partial charge in [0, 0.05) is 17.7 Å². The first-order chi connectivity index (χ1) is 10.6. The average molecular weight is 325 g/mol. The van der Waals surface area contributed by atoms with Crippen molar-refractivity contribution >= 4 is 0 Å². The fourth-order valence-electron chi connectivity index (χ4n) is 7.55. The molecule has 4 aliphatic carbocycles. The molecular formula is C17H22F3N3. The summed E-state index contributed by atoms with van der Waals surface area (Å²) in [5.41, 5.74) is 5.73. The van der Waals surface area contributed by atoms with E-state index in [0.717, 1.165) is 6.54 Å². The van der Waals surface area contributed by atoms with Crippen molar-refractivity contribution in [2.24, 2.45) is 40.2 Å². The Kier molecular flexibility index (Phi) is 2.08. The molecule has 0 amide bonds. The monoisotopic (exact) mass is 325 g/mol. The van der Waals surface area contributed by atoms with Crippen LogP contribution >= 0.6 is 0 Å². The molecule has 0 aliphatic heterocycles. The molecule has 0 aromatic carbocycles. The maximum Gasteiger partial charge on any atom is 0.434 e. The third-order valence-corrected chi connectivity index (χ3v) is 8.05. The average Bonchev–Trinajstić information content (AvgIpc) is 3.12. The molecule has 1 heterocycles. The molecule has 3 nitrogen and oxygen atoms in total. The SMILES string of the molecule is CC(C)n1cc(C(F)(F)F)nc1C1(C)C2C(C)C3(CN)C4C1C243. The van der Waals surface area contributed by atoms with Crippen LogP contribution in [0.3, 0.4) is 0 Å². The lowest BCUT2D eigenvalue weighted by molar-refractivity contribution is -0.198. The van der Waals surface area contributed by atoms with Crippen LogP contribution in [0.1, 0.15) is 45.3 Å². The van der Waals surface area contributed by atoms with E-state index in [2.05, 4.69) is 18.8 Å². The van der Waals surface area contributed by atoms with Gasteiger partial charge in [0.2, 0.25) is 0 Å². The first kappa shape index (κ1) is 14.3. The Morgan fingerprint density at radius 2 is 1.96 bits per heavy atom. The van der Waals surface area contributed by atoms with Gasteiger partial charge in [0.25, 0.3) is 0 Å². The molecule has 0 saturated heterocycles. The lowest BCUT2D eigenvalue weighted by Crippen LogP contribution is -2.71. The predicted molar refractivity (Wildman–Crippen MR) is 78.5 cm³/mol. The normalized spacial score (nSPS) is 51.7. The predicted octanol–water partition coefficient (Wildman–Crippen LogP) is 3.21. The number of nitrogens with two attached hydrogens (primary N) is 1. The van der Waals surface area contributed by atoms with E-state index in [-0.39, 0.29) is 11.5 Å². The number of rotatable bonds is 3. The number of hydrogen-bond donors (Lipinski definition) is 1. The van der Waals surface area contributed by atoms with Crippen LogP contribution in [0.5, 0.6) is 0 Å². The zero-order chi connectivity index (χ0) is 16.7. The third-order valence-electron chi connectivity index (χ3n) is 8.05. The highest BCUT2D eigenvalue weighted by molar-refractivity contribution is 5.63. The van der Waals surface area contributed by atoms with Gasteiger partial charge in [-0.15, -0.1) is 0 Å². The van der Waals surface area contributed by atoms with Crippen LogP contribution in [-0.2, 0) is 11.6 Å². The summed E-state index contributed by atoms with van der Waals surface area (Å²) in [6.45, 7) is 8.94. The van der Waals surface area contributed by atoms with Crippen LogP contribution in [0.15, 0.2) is 6.20 Å². The molecule has 6 heteroatoms. The molecule has 0 radical (unpaired) electrons. The van der Waals surface area contributed by atoms with E-state index in [1.54, 1.807) is 4.57 Å². The summed E-state index contributed by atoms with van der Waals surface area (Å²) in [6, 6.07) is -0.0216. The van der Waals surface area contributed by atoms with Gasteiger partial charge in [0.15, 0.2) is 5.69 Å². The number of fused-ring (bicyclic) bond motifs is 2. The Hall–Kier alpha value is -1.04. The summed E-state index contributed by atoms with van der Waals surface area (Å²) in [4.78, 5) is 4.09. The summed E-state index contributed by atoms with van der Waals surface area (Å²) < 4.78 is 41.2. The highest BCUT2D eigenvalue weighted by Gasteiger charge is 3.14. The Balaban J connectivity index is 1.59. The fourth-order valence-corrected chi connectivity index (χ4v) is 7.55. The van der Waals surface area contributed by atoms with Gasteiger partial charge < -0.3 is 10.3 Å². The van der Waals surface area contributed by atoms with Gasteiger partial charge in [-0.05, 0) is 54.9 Å². The maximum absolute atomic E-state index is 13.2. The van der Waals surface area contributed by atoms with Gasteiger partial charge in [0.05, 0.1) is 0 Å². The van der Waals surface area contributed by atoms with Crippen LogP contribution in [-0.4, -0.2) is 16.1 Å². The van der Waals surface area contributed by atoms with Crippen molar-refractivity contribution in [2.45, 2.75) is 45.3 Å². The number of alkyl halides is 3. The number of nitrogens with zero attached hydrogens (tertiary/aromatic N) is 2. The summed E-state index contributed by atoms with van der Waals surface area (Å²) in [5.74, 6) is 2.73. The molecule has 1 spiro atoms. The summed E-state index contributed by atoms with van der Waals surface area (Å²) in [5, 5.41) is 0. The zero-order valence-corrected chi connectivity index (χ0v) is 13.8. The highest BCUT2D eigenvalue weighted by Crippen LogP contribution is 3.14. The molecule has 1 aromatic rings. The van der Waals surface area contributed by atoms with Crippen LogP contribution in [0.4, 0.5) is 13.2 Å².